The van der Waals surface area contributed by atoms with Gasteiger partial charge >= 0.3 is 0 Å². The standard InChI is InChI=1S/C15H21N3O2S.2ClH/c1-3-6-16-7-8-17-14(19)9-12-10-21-15(18-12)13-5-4-11(2)20-13;;/h4-5,10,16H,3,6-9H2,1-2H3,(H,17,19);2*1H. The number of hydrogen-bond donors (Lipinski definition) is 2. The van der Waals surface area contributed by atoms with E-state index < -0.39 is 0 Å². The lowest BCUT2D eigenvalue weighted by molar-refractivity contribution is -0.120. The van der Waals surface area contributed by atoms with E-state index in [9.17, 15) is 4.79 Å². The summed E-state index contributed by atoms with van der Waals surface area (Å²) >= 11 is 1.50. The molecule has 1 amide bonds. The van der Waals surface area contributed by atoms with Crippen LogP contribution in [0.1, 0.15) is 24.8 Å². The molecule has 0 aliphatic carbocycles. The molecule has 0 unspecified atom stereocenters. The minimum atomic E-state index is 0. The van der Waals surface area contributed by atoms with Crippen LogP contribution in [0, 0.1) is 6.92 Å². The van der Waals surface area contributed by atoms with Crippen molar-refractivity contribution in [1.82, 2.24) is 15.6 Å². The highest BCUT2D eigenvalue weighted by Crippen LogP contribution is 2.25. The molecule has 5 nitrogen and oxygen atoms in total. The molecule has 2 aromatic heterocycles. The van der Waals surface area contributed by atoms with Crippen molar-refractivity contribution in [2.24, 2.45) is 0 Å². The molecular formula is C15H23Cl2N3O2S. The van der Waals surface area contributed by atoms with Crippen LogP contribution >= 0.6 is 36.2 Å². The van der Waals surface area contributed by atoms with E-state index in [0.717, 1.165) is 41.7 Å². The van der Waals surface area contributed by atoms with Gasteiger partial charge in [-0.25, -0.2) is 4.98 Å². The molecule has 8 heteroatoms. The van der Waals surface area contributed by atoms with Gasteiger partial charge in [0, 0.05) is 18.5 Å². The predicted octanol–water partition coefficient (Wildman–Crippen LogP) is 3.21. The smallest absolute Gasteiger partial charge is 0.226 e. The molecule has 2 aromatic rings. The van der Waals surface area contributed by atoms with E-state index in [4.69, 9.17) is 4.42 Å². The highest BCUT2D eigenvalue weighted by molar-refractivity contribution is 7.13. The van der Waals surface area contributed by atoms with Crippen molar-refractivity contribution in [2.45, 2.75) is 26.7 Å². The van der Waals surface area contributed by atoms with Crippen LogP contribution in [-0.2, 0) is 11.2 Å². The maximum atomic E-state index is 11.8. The Hall–Kier alpha value is -1.08. The zero-order valence-corrected chi connectivity index (χ0v) is 15.7. The van der Waals surface area contributed by atoms with E-state index in [1.54, 1.807) is 0 Å². The van der Waals surface area contributed by atoms with Crippen molar-refractivity contribution in [1.29, 1.82) is 0 Å². The summed E-state index contributed by atoms with van der Waals surface area (Å²) in [4.78, 5) is 16.2. The molecule has 23 heavy (non-hydrogen) atoms. The maximum absolute atomic E-state index is 11.8. The largest absolute Gasteiger partial charge is 0.459 e. The number of thiazole rings is 1. The van der Waals surface area contributed by atoms with Crippen LogP contribution in [0.5, 0.6) is 0 Å². The van der Waals surface area contributed by atoms with Crippen LogP contribution in [0.2, 0.25) is 0 Å². The van der Waals surface area contributed by atoms with Gasteiger partial charge in [-0.2, -0.15) is 0 Å². The number of nitrogens with zero attached hydrogens (tertiary/aromatic N) is 1. The number of rotatable bonds is 8. The summed E-state index contributed by atoms with van der Waals surface area (Å²) in [5, 5.41) is 8.84. The highest BCUT2D eigenvalue weighted by Gasteiger charge is 2.10. The van der Waals surface area contributed by atoms with Gasteiger partial charge in [-0.15, -0.1) is 36.2 Å². The molecule has 2 N–H and O–H groups in total. The molecule has 0 bridgehead atoms. The van der Waals surface area contributed by atoms with Crippen molar-refractivity contribution in [3.8, 4) is 10.8 Å². The van der Waals surface area contributed by atoms with Crippen LogP contribution in [0.4, 0.5) is 0 Å². The van der Waals surface area contributed by atoms with E-state index in [0.29, 0.717) is 13.0 Å². The average Bonchev–Trinajstić information content (AvgIpc) is 3.07. The topological polar surface area (TPSA) is 67.2 Å². The van der Waals surface area contributed by atoms with Crippen LogP contribution in [0.15, 0.2) is 21.9 Å². The molecular weight excluding hydrogens is 357 g/mol. The minimum Gasteiger partial charge on any atom is -0.459 e. The second kappa shape index (κ2) is 11.5. The Labute approximate surface area is 153 Å². The number of carbonyl (C=O) groups is 1. The van der Waals surface area contributed by atoms with Crippen molar-refractivity contribution < 1.29 is 9.21 Å². The van der Waals surface area contributed by atoms with Crippen molar-refractivity contribution in [3.63, 3.8) is 0 Å². The monoisotopic (exact) mass is 379 g/mol. The molecule has 0 aromatic carbocycles. The van der Waals surface area contributed by atoms with Gasteiger partial charge in [0.1, 0.15) is 5.76 Å². The Bertz CT molecular complexity index is 587. The third-order valence-corrected chi connectivity index (χ3v) is 3.80. The highest BCUT2D eigenvalue weighted by atomic mass is 35.5. The lowest BCUT2D eigenvalue weighted by atomic mass is 10.3. The zero-order chi connectivity index (χ0) is 15.1. The van der Waals surface area contributed by atoms with Gasteiger partial charge in [0.2, 0.25) is 5.91 Å². The Morgan fingerprint density at radius 2 is 2.04 bits per heavy atom. The molecule has 130 valence electrons. The summed E-state index contributed by atoms with van der Waals surface area (Å²) in [6.45, 7) is 6.44. The zero-order valence-electron chi connectivity index (χ0n) is 13.3. The maximum Gasteiger partial charge on any atom is 0.226 e. The van der Waals surface area contributed by atoms with Gasteiger partial charge in [-0.3, -0.25) is 4.79 Å². The van der Waals surface area contributed by atoms with Crippen LogP contribution in [0.25, 0.3) is 10.8 Å². The first kappa shape index (κ1) is 21.9. The number of halogens is 2. The lowest BCUT2D eigenvalue weighted by Gasteiger charge is -2.04. The number of furan rings is 1. The van der Waals surface area contributed by atoms with Crippen molar-refractivity contribution >= 4 is 42.1 Å². The predicted molar refractivity (Wildman–Crippen MR) is 98.9 cm³/mol. The molecule has 0 spiro atoms. The third-order valence-electron chi connectivity index (χ3n) is 2.90. The van der Waals surface area contributed by atoms with Gasteiger partial charge in [-0.1, -0.05) is 6.92 Å². The molecule has 2 heterocycles. The summed E-state index contributed by atoms with van der Waals surface area (Å²) in [6, 6.07) is 3.81. The summed E-state index contributed by atoms with van der Waals surface area (Å²) < 4.78 is 5.53. The number of amides is 1. The van der Waals surface area contributed by atoms with Gasteiger partial charge < -0.3 is 15.1 Å². The summed E-state index contributed by atoms with van der Waals surface area (Å²) in [7, 11) is 0. The van der Waals surface area contributed by atoms with E-state index in [1.165, 1.54) is 11.3 Å². The minimum absolute atomic E-state index is 0. The number of aryl methyl sites for hydroxylation is 1. The first-order chi connectivity index (χ1) is 10.2. The molecule has 0 saturated carbocycles. The Kier molecular flexibility index (Phi) is 10.9. The molecule has 2 rings (SSSR count). The van der Waals surface area contributed by atoms with E-state index in [2.05, 4.69) is 22.5 Å². The first-order valence-corrected chi connectivity index (χ1v) is 8.05. The molecule has 0 fully saturated rings. The van der Waals surface area contributed by atoms with Gasteiger partial charge in [0.25, 0.3) is 0 Å². The Morgan fingerprint density at radius 1 is 1.26 bits per heavy atom. The summed E-state index contributed by atoms with van der Waals surface area (Å²) in [6.07, 6.45) is 1.41. The average molecular weight is 380 g/mol. The fraction of sp³-hybridized carbons (Fsp3) is 0.467. The van der Waals surface area contributed by atoms with Gasteiger partial charge in [-0.05, 0) is 32.0 Å². The van der Waals surface area contributed by atoms with Crippen LogP contribution < -0.4 is 10.6 Å². The molecule has 0 saturated heterocycles. The number of nitrogens with one attached hydrogen (secondary N) is 2. The summed E-state index contributed by atoms with van der Waals surface area (Å²) in [5.41, 5.74) is 0.781. The van der Waals surface area contributed by atoms with Crippen molar-refractivity contribution in [3.05, 3.63) is 29.0 Å². The number of hydrogen-bond acceptors (Lipinski definition) is 5. The third kappa shape index (κ3) is 7.35. The number of carbonyl (C=O) groups excluding carboxylic acids is 1. The van der Waals surface area contributed by atoms with Gasteiger partial charge in [0.15, 0.2) is 10.8 Å². The normalized spacial score (nSPS) is 9.83. The van der Waals surface area contributed by atoms with E-state index >= 15 is 0 Å². The molecule has 0 aliphatic rings. The quantitative estimate of drug-likeness (QED) is 0.690. The van der Waals surface area contributed by atoms with Crippen molar-refractivity contribution in [2.75, 3.05) is 19.6 Å². The Morgan fingerprint density at radius 3 is 2.70 bits per heavy atom. The molecule has 0 radical (unpaired) electrons. The fourth-order valence-corrected chi connectivity index (χ4v) is 2.65. The lowest BCUT2D eigenvalue weighted by Crippen LogP contribution is -2.33. The van der Waals surface area contributed by atoms with E-state index in [-0.39, 0.29) is 30.7 Å². The molecule has 0 aliphatic heterocycles. The van der Waals surface area contributed by atoms with E-state index in [1.807, 2.05) is 24.4 Å². The number of aromatic nitrogens is 1. The second-order valence-corrected chi connectivity index (χ2v) is 5.69. The fourth-order valence-electron chi connectivity index (χ4n) is 1.87. The first-order valence-electron chi connectivity index (χ1n) is 7.17. The van der Waals surface area contributed by atoms with Crippen LogP contribution in [0.3, 0.4) is 0 Å². The van der Waals surface area contributed by atoms with Gasteiger partial charge in [0.05, 0.1) is 12.1 Å². The molecule has 0 atom stereocenters. The second-order valence-electron chi connectivity index (χ2n) is 4.83. The van der Waals surface area contributed by atoms with Crippen LogP contribution in [-0.4, -0.2) is 30.5 Å². The summed E-state index contributed by atoms with van der Waals surface area (Å²) in [5.74, 6) is 1.62. The SMILES string of the molecule is CCCNCCNC(=O)Cc1csc(-c2ccc(C)o2)n1.Cl.Cl. The Balaban J connectivity index is 0.00000242.